The Morgan fingerprint density at radius 2 is 2.00 bits per heavy atom. The van der Waals surface area contributed by atoms with Crippen LogP contribution in [0.1, 0.15) is 18.4 Å². The van der Waals surface area contributed by atoms with E-state index >= 15 is 0 Å². The number of carbonyl (C=O) groups is 3. The number of aryl methyl sites for hydroxylation is 1. The fourth-order valence-electron chi connectivity index (χ4n) is 1.49. The van der Waals surface area contributed by atoms with Gasteiger partial charge in [0.15, 0.2) is 0 Å². The van der Waals surface area contributed by atoms with Gasteiger partial charge in [-0.2, -0.15) is 0 Å². The van der Waals surface area contributed by atoms with Gasteiger partial charge in [-0.05, 0) is 24.6 Å². The SMILES string of the molecule is Cc1cccc(OCCNC(=O)NC(=O)CCC(=O)O)c1. The quantitative estimate of drug-likeness (QED) is 0.652. The van der Waals surface area contributed by atoms with E-state index in [2.05, 4.69) is 5.32 Å². The van der Waals surface area contributed by atoms with Crippen molar-refractivity contribution in [1.29, 1.82) is 0 Å². The second kappa shape index (κ2) is 8.57. The van der Waals surface area contributed by atoms with Crippen molar-refractivity contribution in [2.75, 3.05) is 13.2 Å². The highest BCUT2D eigenvalue weighted by molar-refractivity contribution is 5.95. The number of aliphatic carboxylic acids is 1. The molecule has 0 heterocycles. The van der Waals surface area contributed by atoms with Crippen LogP contribution in [-0.2, 0) is 9.59 Å². The van der Waals surface area contributed by atoms with E-state index < -0.39 is 17.9 Å². The van der Waals surface area contributed by atoms with Crippen molar-refractivity contribution in [1.82, 2.24) is 10.6 Å². The van der Waals surface area contributed by atoms with Gasteiger partial charge in [-0.25, -0.2) is 4.79 Å². The van der Waals surface area contributed by atoms with E-state index in [1.54, 1.807) is 0 Å². The van der Waals surface area contributed by atoms with Gasteiger partial charge in [-0.1, -0.05) is 12.1 Å². The number of rotatable bonds is 7. The van der Waals surface area contributed by atoms with E-state index in [0.717, 1.165) is 5.56 Å². The third kappa shape index (κ3) is 7.56. The number of ether oxygens (including phenoxy) is 1. The lowest BCUT2D eigenvalue weighted by Crippen LogP contribution is -2.41. The zero-order valence-corrected chi connectivity index (χ0v) is 11.7. The highest BCUT2D eigenvalue weighted by atomic mass is 16.5. The fraction of sp³-hybridized carbons (Fsp3) is 0.357. The lowest BCUT2D eigenvalue weighted by atomic mass is 10.2. The largest absolute Gasteiger partial charge is 0.492 e. The molecule has 0 spiro atoms. The summed E-state index contributed by atoms with van der Waals surface area (Å²) >= 11 is 0. The first-order chi connectivity index (χ1) is 9.97. The number of carboxylic acid groups (broad SMARTS) is 1. The van der Waals surface area contributed by atoms with E-state index in [1.807, 2.05) is 36.5 Å². The second-order valence-corrected chi connectivity index (χ2v) is 4.36. The summed E-state index contributed by atoms with van der Waals surface area (Å²) in [6.45, 7) is 2.44. The molecule has 1 rings (SSSR count). The van der Waals surface area contributed by atoms with Crippen LogP contribution < -0.4 is 15.4 Å². The number of hydrogen-bond donors (Lipinski definition) is 3. The number of benzene rings is 1. The molecule has 0 saturated carbocycles. The summed E-state index contributed by atoms with van der Waals surface area (Å²) in [6, 6.07) is 6.82. The highest BCUT2D eigenvalue weighted by Crippen LogP contribution is 2.11. The molecule has 0 aliphatic carbocycles. The zero-order valence-electron chi connectivity index (χ0n) is 11.7. The van der Waals surface area contributed by atoms with Crippen LogP contribution in [0.5, 0.6) is 5.75 Å². The van der Waals surface area contributed by atoms with Crippen molar-refractivity contribution < 1.29 is 24.2 Å². The van der Waals surface area contributed by atoms with E-state index in [-0.39, 0.29) is 26.0 Å². The summed E-state index contributed by atoms with van der Waals surface area (Å²) < 4.78 is 5.42. The summed E-state index contributed by atoms with van der Waals surface area (Å²) in [5.74, 6) is -1.01. The molecule has 0 saturated heterocycles. The number of carbonyl (C=O) groups excluding carboxylic acids is 2. The van der Waals surface area contributed by atoms with E-state index in [0.29, 0.717) is 5.75 Å². The molecule has 0 aliphatic rings. The first kappa shape index (κ1) is 16.5. The molecule has 3 amide bonds. The third-order valence-electron chi connectivity index (χ3n) is 2.46. The van der Waals surface area contributed by atoms with E-state index in [9.17, 15) is 14.4 Å². The first-order valence-corrected chi connectivity index (χ1v) is 6.46. The Labute approximate surface area is 122 Å². The third-order valence-corrected chi connectivity index (χ3v) is 2.46. The Morgan fingerprint density at radius 1 is 1.24 bits per heavy atom. The Kier molecular flexibility index (Phi) is 6.73. The molecule has 0 radical (unpaired) electrons. The summed E-state index contributed by atoms with van der Waals surface area (Å²) in [4.78, 5) is 32.8. The summed E-state index contributed by atoms with van der Waals surface area (Å²) in [5.41, 5.74) is 1.07. The van der Waals surface area contributed by atoms with E-state index in [1.165, 1.54) is 0 Å². The summed E-state index contributed by atoms with van der Waals surface area (Å²) in [6.07, 6.45) is -0.544. The molecule has 114 valence electrons. The highest BCUT2D eigenvalue weighted by Gasteiger charge is 2.08. The number of hydrogen-bond acceptors (Lipinski definition) is 4. The van der Waals surface area contributed by atoms with Crippen LogP contribution in [0.3, 0.4) is 0 Å². The normalized spacial score (nSPS) is 9.76. The predicted octanol–water partition coefficient (Wildman–Crippen LogP) is 1.06. The minimum atomic E-state index is -1.09. The zero-order chi connectivity index (χ0) is 15.7. The maximum Gasteiger partial charge on any atom is 0.321 e. The Hall–Kier alpha value is -2.57. The van der Waals surface area contributed by atoms with Crippen molar-refractivity contribution in [2.24, 2.45) is 0 Å². The Bertz CT molecular complexity index is 516. The van der Waals surface area contributed by atoms with Crippen LogP contribution in [0.2, 0.25) is 0 Å². The Morgan fingerprint density at radius 3 is 2.67 bits per heavy atom. The molecule has 0 fully saturated rings. The number of nitrogens with one attached hydrogen (secondary N) is 2. The van der Waals surface area contributed by atoms with Crippen molar-refractivity contribution in [3.05, 3.63) is 29.8 Å². The molecular weight excluding hydrogens is 276 g/mol. The molecule has 1 aromatic rings. The number of carboxylic acids is 1. The van der Waals surface area contributed by atoms with Gasteiger partial charge in [0.05, 0.1) is 13.0 Å². The molecule has 0 unspecified atom stereocenters. The van der Waals surface area contributed by atoms with E-state index in [4.69, 9.17) is 9.84 Å². The van der Waals surface area contributed by atoms with Gasteiger partial charge < -0.3 is 15.2 Å². The van der Waals surface area contributed by atoms with Crippen molar-refractivity contribution in [3.63, 3.8) is 0 Å². The van der Waals surface area contributed by atoms with Crippen molar-refractivity contribution in [2.45, 2.75) is 19.8 Å². The van der Waals surface area contributed by atoms with Crippen LogP contribution >= 0.6 is 0 Å². The number of urea groups is 1. The molecule has 1 aromatic carbocycles. The molecular formula is C14H18N2O5. The number of imide groups is 1. The molecule has 0 aromatic heterocycles. The Balaban J connectivity index is 2.16. The minimum absolute atomic E-state index is 0.228. The van der Waals surface area contributed by atoms with Gasteiger partial charge in [0.2, 0.25) is 5.91 Å². The van der Waals surface area contributed by atoms with Crippen molar-refractivity contribution in [3.8, 4) is 5.75 Å². The summed E-state index contributed by atoms with van der Waals surface area (Å²) in [7, 11) is 0. The first-order valence-electron chi connectivity index (χ1n) is 6.46. The maximum absolute atomic E-state index is 11.3. The average Bonchev–Trinajstić information content (AvgIpc) is 2.41. The van der Waals surface area contributed by atoms with Gasteiger partial charge in [-0.15, -0.1) is 0 Å². The standard InChI is InChI=1S/C14H18N2O5/c1-10-3-2-4-11(9-10)21-8-7-15-14(20)16-12(17)5-6-13(18)19/h2-4,9H,5-8H2,1H3,(H,18,19)(H2,15,16,17,20). The monoisotopic (exact) mass is 294 g/mol. The van der Waals surface area contributed by atoms with Crippen LogP contribution in [0.4, 0.5) is 4.79 Å². The van der Waals surface area contributed by atoms with Crippen LogP contribution in [0.25, 0.3) is 0 Å². The lowest BCUT2D eigenvalue weighted by molar-refractivity contribution is -0.138. The van der Waals surface area contributed by atoms with Gasteiger partial charge in [-0.3, -0.25) is 14.9 Å². The van der Waals surface area contributed by atoms with Gasteiger partial charge >= 0.3 is 12.0 Å². The molecule has 21 heavy (non-hydrogen) atoms. The topological polar surface area (TPSA) is 105 Å². The van der Waals surface area contributed by atoms with Gasteiger partial charge in [0.1, 0.15) is 12.4 Å². The molecule has 0 atom stereocenters. The second-order valence-electron chi connectivity index (χ2n) is 4.36. The predicted molar refractivity (Wildman–Crippen MR) is 75.1 cm³/mol. The molecule has 7 heteroatoms. The van der Waals surface area contributed by atoms with Crippen LogP contribution in [0.15, 0.2) is 24.3 Å². The molecule has 0 bridgehead atoms. The van der Waals surface area contributed by atoms with Gasteiger partial charge in [0, 0.05) is 6.42 Å². The van der Waals surface area contributed by atoms with Gasteiger partial charge in [0.25, 0.3) is 0 Å². The minimum Gasteiger partial charge on any atom is -0.492 e. The van der Waals surface area contributed by atoms with Crippen LogP contribution in [0, 0.1) is 6.92 Å². The van der Waals surface area contributed by atoms with Crippen molar-refractivity contribution >= 4 is 17.9 Å². The molecule has 3 N–H and O–H groups in total. The fourth-order valence-corrected chi connectivity index (χ4v) is 1.49. The summed E-state index contributed by atoms with van der Waals surface area (Å²) in [5, 5.41) is 12.9. The van der Waals surface area contributed by atoms with Crippen LogP contribution in [-0.4, -0.2) is 36.2 Å². The number of amides is 3. The maximum atomic E-state index is 11.3. The molecule has 7 nitrogen and oxygen atoms in total. The molecule has 0 aliphatic heterocycles. The average molecular weight is 294 g/mol. The smallest absolute Gasteiger partial charge is 0.321 e. The lowest BCUT2D eigenvalue weighted by Gasteiger charge is -2.08.